The number of amides is 1. The molecule has 2 aliphatic rings. The first kappa shape index (κ1) is 15.8. The number of carbonyl (C=O) groups excluding carboxylic acids is 1. The molecule has 0 unspecified atom stereocenters. The fraction of sp³-hybridized carbons (Fsp3) is 0.588. The zero-order valence-electron chi connectivity index (χ0n) is 13.9. The van der Waals surface area contributed by atoms with Crippen LogP contribution in [0.5, 0.6) is 0 Å². The van der Waals surface area contributed by atoms with Crippen LogP contribution in [0.15, 0.2) is 17.1 Å². The smallest absolute Gasteiger partial charge is 0.273 e. The maximum absolute atomic E-state index is 12.7. The zero-order chi connectivity index (χ0) is 16.5. The van der Waals surface area contributed by atoms with Crippen molar-refractivity contribution in [1.29, 1.82) is 0 Å². The molecular formula is C17H22N4O2S. The molecule has 128 valence electrons. The van der Waals surface area contributed by atoms with Crippen molar-refractivity contribution in [3.05, 3.63) is 34.0 Å². The molecule has 1 aliphatic carbocycles. The van der Waals surface area contributed by atoms with Crippen LogP contribution in [-0.4, -0.2) is 45.3 Å². The van der Waals surface area contributed by atoms with Gasteiger partial charge in [0.2, 0.25) is 0 Å². The van der Waals surface area contributed by atoms with Crippen LogP contribution in [0.2, 0.25) is 0 Å². The Morgan fingerprint density at radius 3 is 3.04 bits per heavy atom. The number of nitrogens with zero attached hydrogens (tertiary/aromatic N) is 4. The average molecular weight is 346 g/mol. The van der Waals surface area contributed by atoms with Crippen molar-refractivity contribution in [2.24, 2.45) is 5.92 Å². The number of hydrogen-bond donors (Lipinski definition) is 0. The predicted molar refractivity (Wildman–Crippen MR) is 91.0 cm³/mol. The molecule has 1 aliphatic heterocycles. The summed E-state index contributed by atoms with van der Waals surface area (Å²) >= 11 is 1.45. The molecule has 0 spiro atoms. The van der Waals surface area contributed by atoms with Crippen LogP contribution in [0.25, 0.3) is 0 Å². The molecule has 4 rings (SSSR count). The third-order valence-corrected chi connectivity index (χ3v) is 5.33. The second-order valence-electron chi connectivity index (χ2n) is 6.60. The van der Waals surface area contributed by atoms with Crippen LogP contribution in [0.3, 0.4) is 0 Å². The molecular weight excluding hydrogens is 324 g/mol. The SMILES string of the molecule is CCOC[C@@H]1CN(C(=O)c2cscn2)Cc2cnn(CC3CC3)c21. The molecule has 1 fully saturated rings. The Hall–Kier alpha value is -1.73. The molecule has 0 aromatic carbocycles. The quantitative estimate of drug-likeness (QED) is 0.806. The maximum Gasteiger partial charge on any atom is 0.273 e. The predicted octanol–water partition coefficient (Wildman–Crippen LogP) is 2.53. The topological polar surface area (TPSA) is 60.2 Å². The van der Waals surface area contributed by atoms with Crippen molar-refractivity contribution in [3.8, 4) is 0 Å². The third-order valence-electron chi connectivity index (χ3n) is 4.74. The minimum Gasteiger partial charge on any atom is -0.381 e. The molecule has 3 heterocycles. The van der Waals surface area contributed by atoms with E-state index in [1.54, 1.807) is 5.51 Å². The molecule has 1 amide bonds. The summed E-state index contributed by atoms with van der Waals surface area (Å²) in [5.74, 6) is 0.951. The first-order valence-electron chi connectivity index (χ1n) is 8.56. The van der Waals surface area contributed by atoms with Crippen LogP contribution in [0.4, 0.5) is 0 Å². The van der Waals surface area contributed by atoms with Crippen LogP contribution in [-0.2, 0) is 17.8 Å². The molecule has 2 aromatic heterocycles. The Balaban J connectivity index is 1.59. The van der Waals surface area contributed by atoms with Gasteiger partial charge in [0.25, 0.3) is 5.91 Å². The van der Waals surface area contributed by atoms with Crippen molar-refractivity contribution in [2.45, 2.75) is 38.8 Å². The molecule has 1 saturated carbocycles. The lowest BCUT2D eigenvalue weighted by atomic mass is 9.96. The van der Waals surface area contributed by atoms with E-state index in [0.29, 0.717) is 32.0 Å². The van der Waals surface area contributed by atoms with E-state index >= 15 is 0 Å². The lowest BCUT2D eigenvalue weighted by molar-refractivity contribution is 0.0642. The van der Waals surface area contributed by atoms with E-state index in [1.165, 1.54) is 29.9 Å². The number of carbonyl (C=O) groups is 1. The minimum atomic E-state index is -0.00154. The highest BCUT2D eigenvalue weighted by Gasteiger charge is 2.34. The van der Waals surface area contributed by atoms with Gasteiger partial charge in [-0.15, -0.1) is 11.3 Å². The van der Waals surface area contributed by atoms with Crippen molar-refractivity contribution < 1.29 is 9.53 Å². The molecule has 0 saturated heterocycles. The Morgan fingerprint density at radius 2 is 2.33 bits per heavy atom. The van der Waals surface area contributed by atoms with Gasteiger partial charge < -0.3 is 9.64 Å². The lowest BCUT2D eigenvalue weighted by Crippen LogP contribution is -2.40. The highest BCUT2D eigenvalue weighted by atomic mass is 32.1. The van der Waals surface area contributed by atoms with Gasteiger partial charge >= 0.3 is 0 Å². The number of hydrogen-bond acceptors (Lipinski definition) is 5. The first-order valence-corrected chi connectivity index (χ1v) is 9.50. The van der Waals surface area contributed by atoms with Gasteiger partial charge in [-0.1, -0.05) is 0 Å². The number of aromatic nitrogens is 3. The van der Waals surface area contributed by atoms with Crippen molar-refractivity contribution >= 4 is 17.2 Å². The fourth-order valence-corrected chi connectivity index (χ4v) is 3.89. The summed E-state index contributed by atoms with van der Waals surface area (Å²) < 4.78 is 7.86. The van der Waals surface area contributed by atoms with Gasteiger partial charge in [0.05, 0.1) is 24.0 Å². The highest BCUT2D eigenvalue weighted by Crippen LogP contribution is 2.34. The van der Waals surface area contributed by atoms with Crippen LogP contribution >= 0.6 is 11.3 Å². The number of fused-ring (bicyclic) bond motifs is 1. The van der Waals surface area contributed by atoms with Crippen LogP contribution < -0.4 is 0 Å². The van der Waals surface area contributed by atoms with Gasteiger partial charge in [-0.05, 0) is 25.7 Å². The molecule has 0 N–H and O–H groups in total. The summed E-state index contributed by atoms with van der Waals surface area (Å²) in [7, 11) is 0. The second-order valence-corrected chi connectivity index (χ2v) is 7.31. The Morgan fingerprint density at radius 1 is 1.46 bits per heavy atom. The summed E-state index contributed by atoms with van der Waals surface area (Å²) in [5.41, 5.74) is 4.64. The molecule has 1 atom stereocenters. The minimum absolute atomic E-state index is 0.00154. The van der Waals surface area contributed by atoms with Crippen molar-refractivity contribution in [3.63, 3.8) is 0 Å². The maximum atomic E-state index is 12.7. The largest absolute Gasteiger partial charge is 0.381 e. The lowest BCUT2D eigenvalue weighted by Gasteiger charge is -2.33. The van der Waals surface area contributed by atoms with Crippen LogP contribution in [0.1, 0.15) is 47.4 Å². The molecule has 6 nitrogen and oxygen atoms in total. The summed E-state index contributed by atoms with van der Waals surface area (Å²) in [6.45, 7) is 5.59. The van der Waals surface area contributed by atoms with Gasteiger partial charge in [-0.3, -0.25) is 9.48 Å². The van der Waals surface area contributed by atoms with E-state index in [9.17, 15) is 4.79 Å². The Kier molecular flexibility index (Phi) is 4.37. The molecule has 24 heavy (non-hydrogen) atoms. The zero-order valence-corrected chi connectivity index (χ0v) is 14.7. The summed E-state index contributed by atoms with van der Waals surface area (Å²) in [4.78, 5) is 18.7. The van der Waals surface area contributed by atoms with Gasteiger partial charge in [0, 0.05) is 43.1 Å². The summed E-state index contributed by atoms with van der Waals surface area (Å²) in [6.07, 6.45) is 4.54. The van der Waals surface area contributed by atoms with E-state index in [0.717, 1.165) is 18.0 Å². The summed E-state index contributed by atoms with van der Waals surface area (Å²) in [5, 5.41) is 6.41. The van der Waals surface area contributed by atoms with Crippen LogP contribution in [0, 0.1) is 5.92 Å². The molecule has 7 heteroatoms. The van der Waals surface area contributed by atoms with Crippen molar-refractivity contribution in [2.75, 3.05) is 19.8 Å². The first-order chi connectivity index (χ1) is 11.8. The monoisotopic (exact) mass is 346 g/mol. The molecule has 0 radical (unpaired) electrons. The van der Waals surface area contributed by atoms with Gasteiger partial charge in [-0.2, -0.15) is 5.10 Å². The van der Waals surface area contributed by atoms with Gasteiger partial charge in [-0.25, -0.2) is 4.98 Å². The number of rotatable bonds is 6. The van der Waals surface area contributed by atoms with E-state index in [2.05, 4.69) is 14.8 Å². The Bertz CT molecular complexity index is 708. The van der Waals surface area contributed by atoms with Gasteiger partial charge in [0.15, 0.2) is 0 Å². The highest BCUT2D eigenvalue weighted by molar-refractivity contribution is 7.07. The third kappa shape index (κ3) is 3.10. The molecule has 2 aromatic rings. The molecule has 0 bridgehead atoms. The standard InChI is InChI=1S/C17H22N4O2S/c1-2-23-9-14-8-20(17(22)15-10-24-11-18-15)7-13-5-19-21(16(13)14)6-12-3-4-12/h5,10-12,14H,2-4,6-9H2,1H3/t14-/m0/s1. The fourth-order valence-electron chi connectivity index (χ4n) is 3.37. The van der Waals surface area contributed by atoms with E-state index in [-0.39, 0.29) is 11.8 Å². The van der Waals surface area contributed by atoms with E-state index in [1.807, 2.05) is 23.4 Å². The van der Waals surface area contributed by atoms with Crippen molar-refractivity contribution in [1.82, 2.24) is 19.7 Å². The van der Waals surface area contributed by atoms with E-state index < -0.39 is 0 Å². The number of ether oxygens (including phenoxy) is 1. The second kappa shape index (κ2) is 6.64. The normalized spacial score (nSPS) is 20.2. The summed E-state index contributed by atoms with van der Waals surface area (Å²) in [6, 6.07) is 0. The Labute approximate surface area is 145 Å². The van der Waals surface area contributed by atoms with E-state index in [4.69, 9.17) is 4.74 Å². The van der Waals surface area contributed by atoms with Gasteiger partial charge in [0.1, 0.15) is 5.69 Å². The number of thiazole rings is 1. The average Bonchev–Trinajstić information content (AvgIpc) is 3.09.